The van der Waals surface area contributed by atoms with E-state index in [-0.39, 0.29) is 23.9 Å². The van der Waals surface area contributed by atoms with Gasteiger partial charge >= 0.3 is 6.03 Å². The number of halogens is 1. The van der Waals surface area contributed by atoms with Crippen molar-refractivity contribution >= 4 is 23.5 Å². The second-order valence-corrected chi connectivity index (χ2v) is 7.39. The van der Waals surface area contributed by atoms with Gasteiger partial charge in [0.15, 0.2) is 0 Å². The van der Waals surface area contributed by atoms with Crippen molar-refractivity contribution in [3.63, 3.8) is 0 Å². The summed E-state index contributed by atoms with van der Waals surface area (Å²) in [7, 11) is 0. The number of carbonyl (C=O) groups is 2. The maximum absolute atomic E-state index is 13.0. The van der Waals surface area contributed by atoms with E-state index >= 15 is 0 Å². The lowest BCUT2D eigenvalue weighted by Crippen LogP contribution is -2.62. The molecule has 0 N–H and O–H groups in total. The minimum absolute atomic E-state index is 0.0287. The lowest BCUT2D eigenvalue weighted by Gasteiger charge is -2.46. The molecular formula is C17H27ClN2O2. The highest BCUT2D eigenvalue weighted by atomic mass is 35.5. The van der Waals surface area contributed by atoms with Crippen molar-refractivity contribution in [3.8, 4) is 0 Å². The summed E-state index contributed by atoms with van der Waals surface area (Å²) >= 11 is 6.05. The largest absolute Gasteiger partial charge is 0.327 e. The van der Waals surface area contributed by atoms with Crippen molar-refractivity contribution in [2.75, 3.05) is 12.4 Å². The minimum atomic E-state index is -0.219. The first-order valence-electron chi connectivity index (χ1n) is 8.92. The van der Waals surface area contributed by atoms with Gasteiger partial charge in [-0.2, -0.15) is 0 Å². The van der Waals surface area contributed by atoms with Crippen molar-refractivity contribution in [1.29, 1.82) is 0 Å². The zero-order valence-corrected chi connectivity index (χ0v) is 14.1. The van der Waals surface area contributed by atoms with E-state index in [4.69, 9.17) is 11.6 Å². The van der Waals surface area contributed by atoms with Gasteiger partial charge in [-0.05, 0) is 25.7 Å². The van der Waals surface area contributed by atoms with Gasteiger partial charge in [0.25, 0.3) is 0 Å². The first-order chi connectivity index (χ1) is 10.7. The molecule has 0 aromatic rings. The summed E-state index contributed by atoms with van der Waals surface area (Å²) in [5, 5.41) is 0. The second-order valence-electron chi connectivity index (χ2n) is 7.08. The van der Waals surface area contributed by atoms with Crippen LogP contribution in [0.3, 0.4) is 0 Å². The van der Waals surface area contributed by atoms with Gasteiger partial charge in [0.05, 0.1) is 5.92 Å². The van der Waals surface area contributed by atoms with Gasteiger partial charge in [0.1, 0.15) is 0 Å². The molecule has 3 amide bonds. The van der Waals surface area contributed by atoms with E-state index in [1.807, 2.05) is 4.90 Å². The van der Waals surface area contributed by atoms with Crippen LogP contribution < -0.4 is 0 Å². The predicted octanol–water partition coefficient (Wildman–Crippen LogP) is 3.77. The Labute approximate surface area is 138 Å². The number of nitrogens with zero attached hydrogens (tertiary/aromatic N) is 2. The fourth-order valence-electron chi connectivity index (χ4n) is 4.31. The fourth-order valence-corrected chi connectivity index (χ4v) is 4.54. The van der Waals surface area contributed by atoms with Crippen LogP contribution in [-0.4, -0.2) is 46.2 Å². The molecule has 2 saturated carbocycles. The number of amides is 3. The van der Waals surface area contributed by atoms with E-state index in [2.05, 4.69) is 0 Å². The summed E-state index contributed by atoms with van der Waals surface area (Å²) in [4.78, 5) is 29.2. The van der Waals surface area contributed by atoms with Gasteiger partial charge in [0.2, 0.25) is 5.91 Å². The molecule has 1 aliphatic heterocycles. The van der Waals surface area contributed by atoms with Crippen molar-refractivity contribution < 1.29 is 9.59 Å². The molecule has 1 saturated heterocycles. The van der Waals surface area contributed by atoms with Crippen LogP contribution in [0.15, 0.2) is 0 Å². The number of hydrogen-bond donors (Lipinski definition) is 0. The lowest BCUT2D eigenvalue weighted by molar-refractivity contribution is -0.138. The highest BCUT2D eigenvalue weighted by molar-refractivity contribution is 6.20. The maximum Gasteiger partial charge on any atom is 0.327 e. The second kappa shape index (κ2) is 7.20. The molecule has 0 spiro atoms. The molecule has 124 valence electrons. The van der Waals surface area contributed by atoms with Gasteiger partial charge in [-0.15, -0.1) is 11.6 Å². The molecule has 4 nitrogen and oxygen atoms in total. The zero-order valence-electron chi connectivity index (χ0n) is 13.3. The van der Waals surface area contributed by atoms with Gasteiger partial charge in [0, 0.05) is 24.5 Å². The third-order valence-corrected chi connectivity index (χ3v) is 5.97. The van der Waals surface area contributed by atoms with E-state index in [0.29, 0.717) is 18.5 Å². The van der Waals surface area contributed by atoms with E-state index in [1.54, 1.807) is 4.90 Å². The normalized spacial score (nSPS) is 29.2. The highest BCUT2D eigenvalue weighted by Gasteiger charge is 2.44. The van der Waals surface area contributed by atoms with Crippen LogP contribution in [-0.2, 0) is 4.79 Å². The fraction of sp³-hybridized carbons (Fsp3) is 0.882. The Bertz CT molecular complexity index is 417. The van der Waals surface area contributed by atoms with Gasteiger partial charge in [-0.1, -0.05) is 38.5 Å². The summed E-state index contributed by atoms with van der Waals surface area (Å²) in [5.74, 6) is 0.0700. The third-order valence-electron chi connectivity index (χ3n) is 5.60. The first kappa shape index (κ1) is 16.1. The minimum Gasteiger partial charge on any atom is -0.320 e. The number of carbonyl (C=O) groups excluding carboxylic acids is 2. The number of hydrogen-bond acceptors (Lipinski definition) is 2. The Kier molecular flexibility index (Phi) is 5.27. The molecule has 3 rings (SSSR count). The number of alkyl halides is 1. The summed E-state index contributed by atoms with van der Waals surface area (Å²) in [6.45, 7) is 0.523. The van der Waals surface area contributed by atoms with Crippen molar-refractivity contribution in [2.24, 2.45) is 5.92 Å². The van der Waals surface area contributed by atoms with Crippen LogP contribution in [0.1, 0.15) is 64.2 Å². The molecule has 0 aromatic heterocycles. The van der Waals surface area contributed by atoms with E-state index in [9.17, 15) is 9.59 Å². The molecule has 0 radical (unpaired) electrons. The van der Waals surface area contributed by atoms with Gasteiger partial charge in [-0.3, -0.25) is 9.69 Å². The van der Waals surface area contributed by atoms with Crippen LogP contribution in [0.25, 0.3) is 0 Å². The summed E-state index contributed by atoms with van der Waals surface area (Å²) in [6.07, 6.45) is 11.2. The Morgan fingerprint density at radius 2 is 1.41 bits per heavy atom. The van der Waals surface area contributed by atoms with E-state index < -0.39 is 0 Å². The maximum atomic E-state index is 13.0. The molecule has 5 heteroatoms. The Balaban J connectivity index is 1.79. The molecular weight excluding hydrogens is 300 g/mol. The molecule has 3 fully saturated rings. The molecule has 1 atom stereocenters. The SMILES string of the molecule is O=C1C(CCl)CN(C2CCCCC2)C(=O)N1C1CCCCC1. The summed E-state index contributed by atoms with van der Waals surface area (Å²) in [6, 6.07) is 0.377. The zero-order chi connectivity index (χ0) is 15.5. The Morgan fingerprint density at radius 3 is 1.95 bits per heavy atom. The van der Waals surface area contributed by atoms with Crippen molar-refractivity contribution in [3.05, 3.63) is 0 Å². The van der Waals surface area contributed by atoms with Crippen LogP contribution >= 0.6 is 11.6 Å². The summed E-state index contributed by atoms with van der Waals surface area (Å²) in [5.41, 5.74) is 0. The molecule has 0 bridgehead atoms. The van der Waals surface area contributed by atoms with Crippen LogP contribution in [0.4, 0.5) is 4.79 Å². The molecule has 0 aromatic carbocycles. The topological polar surface area (TPSA) is 40.6 Å². The summed E-state index contributed by atoms with van der Waals surface area (Å²) < 4.78 is 0. The molecule has 2 aliphatic carbocycles. The van der Waals surface area contributed by atoms with Gasteiger partial charge < -0.3 is 4.90 Å². The first-order valence-corrected chi connectivity index (χ1v) is 9.45. The van der Waals surface area contributed by atoms with Crippen molar-refractivity contribution in [2.45, 2.75) is 76.3 Å². The molecule has 1 unspecified atom stereocenters. The number of urea groups is 1. The predicted molar refractivity (Wildman–Crippen MR) is 86.9 cm³/mol. The smallest absolute Gasteiger partial charge is 0.320 e. The quantitative estimate of drug-likeness (QED) is 0.741. The van der Waals surface area contributed by atoms with Crippen LogP contribution in [0, 0.1) is 5.92 Å². The van der Waals surface area contributed by atoms with E-state index in [1.165, 1.54) is 25.7 Å². The monoisotopic (exact) mass is 326 g/mol. The average molecular weight is 327 g/mol. The average Bonchev–Trinajstić information content (AvgIpc) is 2.57. The van der Waals surface area contributed by atoms with Crippen LogP contribution in [0.5, 0.6) is 0 Å². The number of imide groups is 1. The Hall–Kier alpha value is -0.770. The standard InChI is InChI=1S/C17H27ClN2O2/c18-11-13-12-19(14-7-3-1-4-8-14)17(22)20(16(13)21)15-9-5-2-6-10-15/h13-15H,1-12H2. The van der Waals surface area contributed by atoms with Crippen molar-refractivity contribution in [1.82, 2.24) is 9.80 Å². The molecule has 3 aliphatic rings. The van der Waals surface area contributed by atoms with E-state index in [0.717, 1.165) is 38.5 Å². The number of rotatable bonds is 3. The Morgan fingerprint density at radius 1 is 0.864 bits per heavy atom. The van der Waals surface area contributed by atoms with Gasteiger partial charge in [-0.25, -0.2) is 4.79 Å². The highest BCUT2D eigenvalue weighted by Crippen LogP contribution is 2.32. The lowest BCUT2D eigenvalue weighted by atomic mass is 9.90. The third kappa shape index (κ3) is 3.12. The molecule has 1 heterocycles. The van der Waals surface area contributed by atoms with Crippen LogP contribution in [0.2, 0.25) is 0 Å². The molecule has 22 heavy (non-hydrogen) atoms.